The minimum absolute atomic E-state index is 0.0851. The number of phosphoric ester groups is 1. The molecule has 3 N–H and O–H groups in total. The van der Waals surface area contributed by atoms with Crippen LogP contribution >= 0.6 is 7.82 Å². The summed E-state index contributed by atoms with van der Waals surface area (Å²) in [6.07, 6.45) is 39.8. The van der Waals surface area contributed by atoms with Crippen molar-refractivity contribution in [3.63, 3.8) is 0 Å². The highest BCUT2D eigenvalue weighted by molar-refractivity contribution is 7.47. The van der Waals surface area contributed by atoms with E-state index >= 15 is 0 Å². The van der Waals surface area contributed by atoms with E-state index in [9.17, 15) is 28.9 Å². The average Bonchev–Trinajstić information content (AvgIpc) is 3.18. The van der Waals surface area contributed by atoms with Crippen molar-refractivity contribution in [2.45, 2.75) is 161 Å². The van der Waals surface area contributed by atoms with Crippen LogP contribution in [-0.4, -0.2) is 71.5 Å². The van der Waals surface area contributed by atoms with Crippen LogP contribution in [0.15, 0.2) is 72.9 Å². The Morgan fingerprint density at radius 3 is 1.71 bits per heavy atom. The van der Waals surface area contributed by atoms with Crippen LogP contribution in [0, 0.1) is 0 Å². The SMILES string of the molecule is CCCCC/C=C\C=C\C(=O)CCCCCCCC(=O)O[C@H](COC(=O)CCC/C=C\C/C=C\C/C=C\C/C=C\CCCCC)COP(=O)(O)OC[C@@H](O)CO. The molecule has 0 bridgehead atoms. The minimum Gasteiger partial charge on any atom is -0.462 e. The molecule has 0 spiro atoms. The lowest BCUT2D eigenvalue weighted by atomic mass is 10.1. The Kier molecular flexibility index (Phi) is 36.9. The van der Waals surface area contributed by atoms with Gasteiger partial charge in [-0.3, -0.25) is 23.4 Å². The Labute approximate surface area is 337 Å². The summed E-state index contributed by atoms with van der Waals surface area (Å²) in [4.78, 5) is 46.9. The molecule has 0 aliphatic heterocycles. The van der Waals surface area contributed by atoms with E-state index in [0.29, 0.717) is 25.7 Å². The normalized spacial score (nSPS) is 14.5. The maximum atomic E-state index is 12.6. The summed E-state index contributed by atoms with van der Waals surface area (Å²) in [7, 11) is -4.66. The van der Waals surface area contributed by atoms with Gasteiger partial charge in [-0.2, -0.15) is 0 Å². The summed E-state index contributed by atoms with van der Waals surface area (Å²) in [6, 6.07) is 0. The number of allylic oxidation sites excluding steroid dienone is 12. The smallest absolute Gasteiger partial charge is 0.462 e. The number of esters is 2. The molecule has 11 nitrogen and oxygen atoms in total. The van der Waals surface area contributed by atoms with Crippen molar-refractivity contribution < 1.29 is 52.6 Å². The van der Waals surface area contributed by atoms with Crippen molar-refractivity contribution in [3.05, 3.63) is 72.9 Å². The molecule has 320 valence electrons. The molecule has 0 heterocycles. The zero-order valence-corrected chi connectivity index (χ0v) is 35.2. The monoisotopic (exact) mass is 808 g/mol. The summed E-state index contributed by atoms with van der Waals surface area (Å²) in [6.45, 7) is 2.07. The van der Waals surface area contributed by atoms with Crippen molar-refractivity contribution >= 4 is 25.5 Å². The first kappa shape index (κ1) is 53.1. The molecule has 56 heavy (non-hydrogen) atoms. The van der Waals surface area contributed by atoms with Crippen LogP contribution in [0.5, 0.6) is 0 Å². The van der Waals surface area contributed by atoms with Crippen LogP contribution in [0.1, 0.15) is 149 Å². The van der Waals surface area contributed by atoms with Crippen LogP contribution in [0.25, 0.3) is 0 Å². The second-order valence-electron chi connectivity index (χ2n) is 13.7. The largest absolute Gasteiger partial charge is 0.472 e. The van der Waals surface area contributed by atoms with Gasteiger partial charge in [0.1, 0.15) is 12.7 Å². The van der Waals surface area contributed by atoms with E-state index in [0.717, 1.165) is 64.2 Å². The van der Waals surface area contributed by atoms with Crippen LogP contribution in [-0.2, 0) is 37.5 Å². The highest BCUT2D eigenvalue weighted by Crippen LogP contribution is 2.43. The summed E-state index contributed by atoms with van der Waals surface area (Å²) in [5.41, 5.74) is 0. The topological polar surface area (TPSA) is 166 Å². The van der Waals surface area contributed by atoms with Gasteiger partial charge in [0.25, 0.3) is 0 Å². The summed E-state index contributed by atoms with van der Waals surface area (Å²) < 4.78 is 32.5. The van der Waals surface area contributed by atoms with Gasteiger partial charge in [-0.1, -0.05) is 126 Å². The first-order chi connectivity index (χ1) is 27.1. The van der Waals surface area contributed by atoms with Crippen molar-refractivity contribution in [3.8, 4) is 0 Å². The average molecular weight is 809 g/mol. The van der Waals surface area contributed by atoms with Gasteiger partial charge in [-0.25, -0.2) is 4.57 Å². The predicted octanol–water partition coefficient (Wildman–Crippen LogP) is 10.1. The van der Waals surface area contributed by atoms with Crippen LogP contribution in [0.3, 0.4) is 0 Å². The molecule has 0 rings (SSSR count). The molecule has 12 heteroatoms. The lowest BCUT2D eigenvalue weighted by Gasteiger charge is -2.20. The maximum absolute atomic E-state index is 12.6. The van der Waals surface area contributed by atoms with E-state index in [2.05, 4.69) is 60.9 Å². The third-order valence-electron chi connectivity index (χ3n) is 8.31. The third-order valence-corrected chi connectivity index (χ3v) is 9.26. The number of hydrogen-bond donors (Lipinski definition) is 3. The Hall–Kier alpha value is -2.92. The number of aliphatic hydroxyl groups excluding tert-OH is 2. The van der Waals surface area contributed by atoms with Gasteiger partial charge in [0.05, 0.1) is 19.8 Å². The van der Waals surface area contributed by atoms with E-state index < -0.39 is 51.8 Å². The molecule has 1 unspecified atom stereocenters. The standard InChI is InChI=1S/C44H73O11P/c1-3-5-7-9-11-12-13-14-15-16-17-18-19-20-22-26-30-34-43(48)52-38-42(39-54-56(50,51)53-37-41(47)36-45)55-44(49)35-31-27-23-25-29-33-40(46)32-28-24-21-10-8-6-4-2/h11-12,14-15,17-18,20-22,24,28,32,41-42,45,47H,3-10,13,16,19,23,25-27,29-31,33-39H2,1-2H3,(H,50,51)/b12-11-,15-14-,18-17-,22-20-,24-21-,32-28+/t41-,42+/m0/s1. The van der Waals surface area contributed by atoms with Crippen LogP contribution in [0.4, 0.5) is 0 Å². The fourth-order valence-electron chi connectivity index (χ4n) is 5.02. The Bertz CT molecular complexity index is 1220. The molecule has 0 saturated carbocycles. The third kappa shape index (κ3) is 38.0. The zero-order valence-electron chi connectivity index (χ0n) is 34.3. The molecule has 0 aliphatic carbocycles. The second kappa shape index (κ2) is 38.9. The van der Waals surface area contributed by atoms with E-state index in [1.54, 1.807) is 12.2 Å². The Balaban J connectivity index is 4.52. The molecule has 0 amide bonds. The van der Waals surface area contributed by atoms with Gasteiger partial charge >= 0.3 is 19.8 Å². The summed E-state index contributed by atoms with van der Waals surface area (Å²) >= 11 is 0. The van der Waals surface area contributed by atoms with Gasteiger partial charge in [-0.05, 0) is 76.7 Å². The molecule has 0 aromatic rings. The second-order valence-corrected chi connectivity index (χ2v) is 15.1. The van der Waals surface area contributed by atoms with Gasteiger partial charge in [-0.15, -0.1) is 0 Å². The molecule has 0 aliphatic rings. The molecular formula is C44H73O11P. The molecule has 0 fully saturated rings. The number of carbonyl (C=O) groups excluding carboxylic acids is 3. The molecule has 3 atom stereocenters. The Morgan fingerprint density at radius 2 is 1.11 bits per heavy atom. The molecule has 0 aromatic heterocycles. The van der Waals surface area contributed by atoms with Gasteiger partial charge < -0.3 is 24.6 Å². The number of phosphoric acid groups is 1. The number of ketones is 1. The summed E-state index contributed by atoms with van der Waals surface area (Å²) in [5, 5.41) is 18.3. The summed E-state index contributed by atoms with van der Waals surface area (Å²) in [5.74, 6) is -0.999. The van der Waals surface area contributed by atoms with Gasteiger partial charge in [0, 0.05) is 19.3 Å². The first-order valence-corrected chi connectivity index (χ1v) is 22.3. The first-order valence-electron chi connectivity index (χ1n) is 20.8. The van der Waals surface area contributed by atoms with Crippen molar-refractivity contribution in [1.29, 1.82) is 0 Å². The lowest BCUT2D eigenvalue weighted by Crippen LogP contribution is -2.29. The number of aliphatic hydroxyl groups is 2. The number of ether oxygens (including phenoxy) is 2. The number of unbranched alkanes of at least 4 members (excludes halogenated alkanes) is 11. The van der Waals surface area contributed by atoms with Crippen molar-refractivity contribution in [2.75, 3.05) is 26.4 Å². The number of rotatable bonds is 38. The number of hydrogen-bond acceptors (Lipinski definition) is 10. The fourth-order valence-corrected chi connectivity index (χ4v) is 5.81. The highest BCUT2D eigenvalue weighted by Gasteiger charge is 2.27. The van der Waals surface area contributed by atoms with E-state index in [4.69, 9.17) is 19.1 Å². The highest BCUT2D eigenvalue weighted by atomic mass is 31.2. The van der Waals surface area contributed by atoms with Crippen molar-refractivity contribution in [2.24, 2.45) is 0 Å². The maximum Gasteiger partial charge on any atom is 0.472 e. The van der Waals surface area contributed by atoms with Crippen LogP contribution < -0.4 is 0 Å². The molecule has 0 saturated heterocycles. The van der Waals surface area contributed by atoms with E-state index in [1.807, 2.05) is 18.2 Å². The predicted molar refractivity (Wildman–Crippen MR) is 224 cm³/mol. The lowest BCUT2D eigenvalue weighted by molar-refractivity contribution is -0.161. The fraction of sp³-hybridized carbons (Fsp3) is 0.659. The van der Waals surface area contributed by atoms with Crippen molar-refractivity contribution in [1.82, 2.24) is 0 Å². The minimum atomic E-state index is -4.66. The molecule has 0 radical (unpaired) electrons. The van der Waals surface area contributed by atoms with E-state index in [-0.39, 0.29) is 25.2 Å². The van der Waals surface area contributed by atoms with Gasteiger partial charge in [0.15, 0.2) is 11.9 Å². The van der Waals surface area contributed by atoms with Gasteiger partial charge in [0.2, 0.25) is 0 Å². The number of carbonyl (C=O) groups is 3. The van der Waals surface area contributed by atoms with Crippen LogP contribution in [0.2, 0.25) is 0 Å². The zero-order chi connectivity index (χ0) is 41.4. The van der Waals surface area contributed by atoms with E-state index in [1.165, 1.54) is 32.1 Å². The molecular weight excluding hydrogens is 735 g/mol. The Morgan fingerprint density at radius 1 is 0.589 bits per heavy atom. The quantitative estimate of drug-likeness (QED) is 0.0136. The molecule has 0 aromatic carbocycles.